The Hall–Kier alpha value is -2.57. The van der Waals surface area contributed by atoms with Crippen LogP contribution in [0.2, 0.25) is 5.02 Å². The van der Waals surface area contributed by atoms with Crippen LogP contribution < -0.4 is 15.8 Å². The minimum Gasteiger partial charge on any atom is -0.497 e. The zero-order valence-electron chi connectivity index (χ0n) is 20.5. The lowest BCUT2D eigenvalue weighted by Crippen LogP contribution is -2.53. The highest BCUT2D eigenvalue weighted by Crippen LogP contribution is 2.32. The molecule has 2 unspecified atom stereocenters. The van der Waals surface area contributed by atoms with Gasteiger partial charge in [0.25, 0.3) is 5.91 Å². The van der Waals surface area contributed by atoms with Crippen LogP contribution in [0.15, 0.2) is 42.5 Å². The minimum atomic E-state index is -0.235. The second kappa shape index (κ2) is 11.9. The Morgan fingerprint density at radius 2 is 1.77 bits per heavy atom. The van der Waals surface area contributed by atoms with Crippen molar-refractivity contribution in [2.75, 3.05) is 12.4 Å². The molecule has 0 heterocycles. The van der Waals surface area contributed by atoms with Crippen molar-refractivity contribution in [1.29, 1.82) is 0 Å². The molecule has 2 aromatic rings. The molecule has 188 valence electrons. The molecule has 0 aromatic heterocycles. The molecule has 0 aliphatic heterocycles. The number of anilines is 1. The van der Waals surface area contributed by atoms with E-state index in [1.165, 1.54) is 6.42 Å². The van der Waals surface area contributed by atoms with Crippen molar-refractivity contribution in [2.24, 2.45) is 11.7 Å². The van der Waals surface area contributed by atoms with E-state index in [1.54, 1.807) is 43.5 Å². The number of methoxy groups -OCH3 is 1. The number of nitrogens with one attached hydrogen (secondary N) is 1. The Morgan fingerprint density at radius 1 is 1.03 bits per heavy atom. The number of rotatable bonds is 7. The third-order valence-electron chi connectivity index (χ3n) is 7.40. The number of benzene rings is 2. The summed E-state index contributed by atoms with van der Waals surface area (Å²) < 4.78 is 5.23. The van der Waals surface area contributed by atoms with Gasteiger partial charge in [-0.25, -0.2) is 0 Å². The molecule has 0 bridgehead atoms. The highest BCUT2D eigenvalue weighted by atomic mass is 35.5. The van der Waals surface area contributed by atoms with E-state index in [0.29, 0.717) is 28.6 Å². The molecule has 2 fully saturated rings. The molecule has 4 rings (SSSR count). The highest BCUT2D eigenvalue weighted by Gasteiger charge is 2.35. The summed E-state index contributed by atoms with van der Waals surface area (Å²) >= 11 is 6.60. The molecule has 7 heteroatoms. The van der Waals surface area contributed by atoms with E-state index < -0.39 is 0 Å². The fourth-order valence-corrected chi connectivity index (χ4v) is 5.57. The van der Waals surface area contributed by atoms with Gasteiger partial charge >= 0.3 is 0 Å². The second-order valence-corrected chi connectivity index (χ2v) is 10.2. The number of nitrogens with two attached hydrogens (primary N) is 1. The van der Waals surface area contributed by atoms with Gasteiger partial charge in [-0.2, -0.15) is 0 Å². The van der Waals surface area contributed by atoms with Gasteiger partial charge in [0.2, 0.25) is 5.91 Å². The Balaban J connectivity index is 1.55. The zero-order valence-corrected chi connectivity index (χ0v) is 21.2. The molecular formula is C28H36ClN3O3. The monoisotopic (exact) mass is 497 g/mol. The van der Waals surface area contributed by atoms with E-state index >= 15 is 0 Å². The molecule has 2 aromatic carbocycles. The second-order valence-electron chi connectivity index (χ2n) is 9.81. The van der Waals surface area contributed by atoms with Gasteiger partial charge in [-0.3, -0.25) is 9.59 Å². The fraction of sp³-hybridized carbons (Fsp3) is 0.500. The average molecular weight is 498 g/mol. The maximum absolute atomic E-state index is 13.7. The third kappa shape index (κ3) is 6.36. The molecule has 6 nitrogen and oxygen atoms in total. The van der Waals surface area contributed by atoms with Crippen LogP contribution in [0.4, 0.5) is 5.69 Å². The van der Waals surface area contributed by atoms with E-state index in [1.807, 2.05) is 11.0 Å². The van der Waals surface area contributed by atoms with Crippen LogP contribution >= 0.6 is 11.6 Å². The van der Waals surface area contributed by atoms with Crippen molar-refractivity contribution in [1.82, 2.24) is 4.90 Å². The predicted octanol–water partition coefficient (Wildman–Crippen LogP) is 5.78. The van der Waals surface area contributed by atoms with Crippen LogP contribution in [0.1, 0.15) is 73.7 Å². The largest absolute Gasteiger partial charge is 0.497 e. The molecule has 2 saturated carbocycles. The summed E-state index contributed by atoms with van der Waals surface area (Å²) in [4.78, 5) is 28.5. The molecule has 0 saturated heterocycles. The number of carbonyl (C=O) groups is 2. The fourth-order valence-electron chi connectivity index (χ4n) is 5.39. The van der Waals surface area contributed by atoms with Crippen molar-refractivity contribution < 1.29 is 14.3 Å². The number of ether oxygens (including phenoxy) is 1. The van der Waals surface area contributed by atoms with Gasteiger partial charge in [0.15, 0.2) is 0 Å². The van der Waals surface area contributed by atoms with Gasteiger partial charge in [-0.15, -0.1) is 0 Å². The first kappa shape index (κ1) is 25.5. The van der Waals surface area contributed by atoms with E-state index in [9.17, 15) is 9.59 Å². The first-order valence-electron chi connectivity index (χ1n) is 12.8. The standard InChI is InChI=1S/C28H36ClN3O3/c1-35-23-11-7-10-20(17-23)27(33)31-22-14-15-24(29)21(16-22)18-32(26-13-6-5-12-25(26)30)28(34)19-8-3-2-4-9-19/h7,10-11,14-17,19,25-26H,2-6,8-9,12-13,18,30H2,1H3,(H,31,33). The van der Waals surface area contributed by atoms with E-state index in [2.05, 4.69) is 5.32 Å². The smallest absolute Gasteiger partial charge is 0.255 e. The Kier molecular flexibility index (Phi) is 8.69. The van der Waals surface area contributed by atoms with Gasteiger partial charge in [0.05, 0.1) is 7.11 Å². The van der Waals surface area contributed by atoms with Gasteiger partial charge in [-0.1, -0.05) is 49.8 Å². The summed E-state index contributed by atoms with van der Waals surface area (Å²) in [6.07, 6.45) is 9.35. The summed E-state index contributed by atoms with van der Waals surface area (Å²) in [6, 6.07) is 12.4. The molecule has 2 aliphatic carbocycles. The predicted molar refractivity (Wildman–Crippen MR) is 140 cm³/mol. The van der Waals surface area contributed by atoms with Gasteiger partial charge in [0.1, 0.15) is 5.75 Å². The summed E-state index contributed by atoms with van der Waals surface area (Å²) in [6.45, 7) is 0.398. The Bertz CT molecular complexity index is 1040. The number of halogens is 1. The number of hydrogen-bond acceptors (Lipinski definition) is 4. The summed E-state index contributed by atoms with van der Waals surface area (Å²) in [5.74, 6) is 0.651. The Labute approximate surface area is 213 Å². The topological polar surface area (TPSA) is 84.7 Å². The highest BCUT2D eigenvalue weighted by molar-refractivity contribution is 6.31. The number of amides is 2. The molecule has 2 atom stereocenters. The van der Waals surface area contributed by atoms with Crippen molar-refractivity contribution in [2.45, 2.75) is 76.4 Å². The summed E-state index contributed by atoms with van der Waals surface area (Å²) in [5.41, 5.74) is 8.48. The van der Waals surface area contributed by atoms with E-state index in [-0.39, 0.29) is 29.8 Å². The van der Waals surface area contributed by atoms with E-state index in [4.69, 9.17) is 22.1 Å². The lowest BCUT2D eigenvalue weighted by Gasteiger charge is -2.41. The summed E-state index contributed by atoms with van der Waals surface area (Å²) in [5, 5.41) is 3.53. The molecule has 0 radical (unpaired) electrons. The van der Waals surface area contributed by atoms with Gasteiger partial charge < -0.3 is 20.7 Å². The number of nitrogens with zero attached hydrogens (tertiary/aromatic N) is 1. The molecule has 2 aliphatic rings. The van der Waals surface area contributed by atoms with Crippen LogP contribution in [0.25, 0.3) is 0 Å². The summed E-state index contributed by atoms with van der Waals surface area (Å²) in [7, 11) is 1.57. The average Bonchev–Trinajstić information content (AvgIpc) is 2.89. The van der Waals surface area contributed by atoms with Crippen molar-refractivity contribution in [3.05, 3.63) is 58.6 Å². The van der Waals surface area contributed by atoms with Crippen LogP contribution in [0, 0.1) is 5.92 Å². The van der Waals surface area contributed by atoms with Crippen LogP contribution in [-0.2, 0) is 11.3 Å². The minimum absolute atomic E-state index is 0.0178. The molecule has 3 N–H and O–H groups in total. The zero-order chi connectivity index (χ0) is 24.8. The third-order valence-corrected chi connectivity index (χ3v) is 7.76. The quantitative estimate of drug-likeness (QED) is 0.507. The number of carbonyl (C=O) groups excluding carboxylic acids is 2. The first-order valence-corrected chi connectivity index (χ1v) is 13.1. The first-order chi connectivity index (χ1) is 17.0. The SMILES string of the molecule is COc1cccc(C(=O)Nc2ccc(Cl)c(CN(C(=O)C3CCCCC3)C3CCCCC3N)c2)c1. The van der Waals surface area contributed by atoms with Crippen LogP contribution in [0.5, 0.6) is 5.75 Å². The molecular weight excluding hydrogens is 462 g/mol. The Morgan fingerprint density at radius 3 is 2.51 bits per heavy atom. The van der Waals surface area contributed by atoms with Gasteiger partial charge in [0, 0.05) is 40.8 Å². The van der Waals surface area contributed by atoms with E-state index in [0.717, 1.165) is 56.9 Å². The maximum Gasteiger partial charge on any atom is 0.255 e. The molecule has 0 spiro atoms. The maximum atomic E-state index is 13.7. The van der Waals surface area contributed by atoms with Crippen molar-refractivity contribution >= 4 is 29.1 Å². The number of hydrogen-bond donors (Lipinski definition) is 2. The van der Waals surface area contributed by atoms with Gasteiger partial charge in [-0.05, 0) is 67.6 Å². The normalized spacial score (nSPS) is 20.8. The van der Waals surface area contributed by atoms with Crippen molar-refractivity contribution in [3.8, 4) is 5.75 Å². The van der Waals surface area contributed by atoms with Crippen molar-refractivity contribution in [3.63, 3.8) is 0 Å². The van der Waals surface area contributed by atoms with Crippen LogP contribution in [0.3, 0.4) is 0 Å². The lowest BCUT2D eigenvalue weighted by atomic mass is 9.85. The molecule has 2 amide bonds. The lowest BCUT2D eigenvalue weighted by molar-refractivity contribution is -0.141. The molecule has 35 heavy (non-hydrogen) atoms. The van der Waals surface area contributed by atoms with Crippen LogP contribution in [-0.4, -0.2) is 35.9 Å².